The predicted molar refractivity (Wildman–Crippen MR) is 87.5 cm³/mol. The first-order valence-corrected chi connectivity index (χ1v) is 7.28. The van der Waals surface area contributed by atoms with Crippen LogP contribution in [0.3, 0.4) is 0 Å². The van der Waals surface area contributed by atoms with Crippen molar-refractivity contribution in [3.05, 3.63) is 65.9 Å². The van der Waals surface area contributed by atoms with Gasteiger partial charge >= 0.3 is 0 Å². The van der Waals surface area contributed by atoms with Crippen molar-refractivity contribution in [2.75, 3.05) is 17.6 Å². The minimum atomic E-state index is 0.602. The summed E-state index contributed by atoms with van der Waals surface area (Å²) >= 11 is 0. The van der Waals surface area contributed by atoms with E-state index < -0.39 is 0 Å². The van der Waals surface area contributed by atoms with Gasteiger partial charge in [0.05, 0.1) is 11.2 Å². The first-order valence-electron chi connectivity index (χ1n) is 7.28. The molecule has 0 spiro atoms. The second-order valence-electron chi connectivity index (χ2n) is 5.58. The number of benzene rings is 2. The first-order chi connectivity index (χ1) is 10.3. The van der Waals surface area contributed by atoms with E-state index in [1.807, 2.05) is 24.4 Å². The van der Waals surface area contributed by atoms with Crippen molar-refractivity contribution in [1.29, 1.82) is 0 Å². The van der Waals surface area contributed by atoms with Gasteiger partial charge in [-0.1, -0.05) is 36.4 Å². The van der Waals surface area contributed by atoms with Crippen molar-refractivity contribution in [3.63, 3.8) is 0 Å². The number of rotatable bonds is 3. The van der Waals surface area contributed by atoms with E-state index in [0.29, 0.717) is 5.92 Å². The highest BCUT2D eigenvalue weighted by Gasteiger charge is 2.24. The second kappa shape index (κ2) is 4.77. The van der Waals surface area contributed by atoms with Crippen molar-refractivity contribution in [3.8, 4) is 0 Å². The molecule has 0 fully saturated rings. The molecule has 3 N–H and O–H groups in total. The number of pyridine rings is 1. The standard InChI is InChI=1S/C18H17N3/c19-16-7-3-6-15-17(8-9-20-18(15)16)21-11-13-10-12-4-1-2-5-14(12)13/h1-9,13H,10-11,19H2,(H,20,21). The van der Waals surface area contributed by atoms with E-state index in [9.17, 15) is 0 Å². The maximum atomic E-state index is 5.99. The Balaban J connectivity index is 1.58. The third-order valence-electron chi connectivity index (χ3n) is 4.30. The number of nitrogens with two attached hydrogens (primary N) is 1. The number of fused-ring (bicyclic) bond motifs is 2. The summed E-state index contributed by atoms with van der Waals surface area (Å²) in [4.78, 5) is 4.37. The summed E-state index contributed by atoms with van der Waals surface area (Å²) in [5.74, 6) is 0.602. The van der Waals surface area contributed by atoms with E-state index in [0.717, 1.165) is 35.2 Å². The molecule has 0 saturated heterocycles. The van der Waals surface area contributed by atoms with E-state index in [1.165, 1.54) is 11.1 Å². The molecule has 1 aliphatic rings. The lowest BCUT2D eigenvalue weighted by molar-refractivity contribution is 0.636. The fourth-order valence-electron chi connectivity index (χ4n) is 3.13. The van der Waals surface area contributed by atoms with Crippen LogP contribution < -0.4 is 11.1 Å². The molecular weight excluding hydrogens is 258 g/mol. The topological polar surface area (TPSA) is 50.9 Å². The zero-order chi connectivity index (χ0) is 14.2. The van der Waals surface area contributed by atoms with Crippen molar-refractivity contribution in [2.24, 2.45) is 0 Å². The molecule has 0 bridgehead atoms. The molecule has 1 heterocycles. The summed E-state index contributed by atoms with van der Waals surface area (Å²) in [5.41, 5.74) is 11.7. The minimum absolute atomic E-state index is 0.602. The van der Waals surface area contributed by atoms with Crippen LogP contribution in [0.15, 0.2) is 54.7 Å². The van der Waals surface area contributed by atoms with Crippen molar-refractivity contribution in [1.82, 2.24) is 4.98 Å². The van der Waals surface area contributed by atoms with E-state index in [1.54, 1.807) is 0 Å². The monoisotopic (exact) mass is 275 g/mol. The van der Waals surface area contributed by atoms with Gasteiger partial charge in [0.15, 0.2) is 0 Å². The summed E-state index contributed by atoms with van der Waals surface area (Å²) in [6, 6.07) is 16.6. The average molecular weight is 275 g/mol. The highest BCUT2D eigenvalue weighted by molar-refractivity contribution is 5.97. The van der Waals surface area contributed by atoms with Crippen molar-refractivity contribution < 1.29 is 0 Å². The largest absolute Gasteiger partial charge is 0.397 e. The fourth-order valence-corrected chi connectivity index (χ4v) is 3.13. The normalized spacial score (nSPS) is 16.3. The van der Waals surface area contributed by atoms with Crippen LogP contribution in [0.4, 0.5) is 11.4 Å². The van der Waals surface area contributed by atoms with Crippen LogP contribution in [0.25, 0.3) is 10.9 Å². The Morgan fingerprint density at radius 3 is 2.90 bits per heavy atom. The fraction of sp³-hybridized carbons (Fsp3) is 0.167. The number of hydrogen-bond acceptors (Lipinski definition) is 3. The molecule has 1 unspecified atom stereocenters. The van der Waals surface area contributed by atoms with E-state index in [4.69, 9.17) is 5.73 Å². The van der Waals surface area contributed by atoms with Gasteiger partial charge in [-0.15, -0.1) is 0 Å². The Morgan fingerprint density at radius 2 is 2.00 bits per heavy atom. The van der Waals surface area contributed by atoms with Gasteiger partial charge in [0, 0.05) is 29.7 Å². The molecule has 4 rings (SSSR count). The number of nitrogens with zero attached hydrogens (tertiary/aromatic N) is 1. The highest BCUT2D eigenvalue weighted by Crippen LogP contribution is 2.35. The molecule has 0 amide bonds. The first kappa shape index (κ1) is 12.2. The lowest BCUT2D eigenvalue weighted by Gasteiger charge is -2.30. The molecule has 0 radical (unpaired) electrons. The van der Waals surface area contributed by atoms with Gasteiger partial charge in [-0.25, -0.2) is 0 Å². The summed E-state index contributed by atoms with van der Waals surface area (Å²) in [6.07, 6.45) is 2.98. The molecule has 3 aromatic rings. The maximum Gasteiger partial charge on any atom is 0.0951 e. The predicted octanol–water partition coefficient (Wildman–Crippen LogP) is 3.57. The van der Waals surface area contributed by atoms with Gasteiger partial charge in [-0.3, -0.25) is 4.98 Å². The number of aromatic nitrogens is 1. The van der Waals surface area contributed by atoms with E-state index >= 15 is 0 Å². The maximum absolute atomic E-state index is 5.99. The van der Waals surface area contributed by atoms with Crippen LogP contribution in [-0.4, -0.2) is 11.5 Å². The van der Waals surface area contributed by atoms with Gasteiger partial charge < -0.3 is 11.1 Å². The zero-order valence-corrected chi connectivity index (χ0v) is 11.7. The van der Waals surface area contributed by atoms with E-state index in [2.05, 4.69) is 40.6 Å². The van der Waals surface area contributed by atoms with Gasteiger partial charge in [-0.05, 0) is 29.7 Å². The van der Waals surface area contributed by atoms with E-state index in [-0.39, 0.29) is 0 Å². The quantitative estimate of drug-likeness (QED) is 0.718. The molecule has 3 nitrogen and oxygen atoms in total. The van der Waals surface area contributed by atoms with Gasteiger partial charge in [0.2, 0.25) is 0 Å². The molecule has 21 heavy (non-hydrogen) atoms. The molecule has 3 heteroatoms. The molecule has 104 valence electrons. The van der Waals surface area contributed by atoms with Crippen LogP contribution in [0.2, 0.25) is 0 Å². The molecular formula is C18H17N3. The summed E-state index contributed by atoms with van der Waals surface area (Å²) in [6.45, 7) is 0.949. The molecule has 2 aromatic carbocycles. The Hall–Kier alpha value is -2.55. The molecule has 1 atom stereocenters. The van der Waals surface area contributed by atoms with Crippen LogP contribution in [0.5, 0.6) is 0 Å². The Labute approximate surface area is 123 Å². The summed E-state index contributed by atoms with van der Waals surface area (Å²) < 4.78 is 0. The SMILES string of the molecule is Nc1cccc2c(NCC3Cc4ccccc43)ccnc12. The molecule has 0 aliphatic heterocycles. The van der Waals surface area contributed by atoms with Crippen LogP contribution in [-0.2, 0) is 6.42 Å². The van der Waals surface area contributed by atoms with Crippen LogP contribution >= 0.6 is 0 Å². The number of hydrogen-bond donors (Lipinski definition) is 2. The lowest BCUT2D eigenvalue weighted by atomic mass is 9.77. The second-order valence-corrected chi connectivity index (χ2v) is 5.58. The molecule has 0 saturated carbocycles. The van der Waals surface area contributed by atoms with Gasteiger partial charge in [0.1, 0.15) is 0 Å². The van der Waals surface area contributed by atoms with Gasteiger partial charge in [0.25, 0.3) is 0 Å². The highest BCUT2D eigenvalue weighted by atomic mass is 14.9. The lowest BCUT2D eigenvalue weighted by Crippen LogP contribution is -2.24. The Morgan fingerprint density at radius 1 is 1.10 bits per heavy atom. The number of para-hydroxylation sites is 1. The number of nitrogens with one attached hydrogen (secondary N) is 1. The molecule has 1 aliphatic carbocycles. The number of anilines is 2. The summed E-state index contributed by atoms with van der Waals surface area (Å²) in [7, 11) is 0. The summed E-state index contributed by atoms with van der Waals surface area (Å²) in [5, 5.41) is 4.65. The third kappa shape index (κ3) is 2.02. The van der Waals surface area contributed by atoms with Crippen LogP contribution in [0, 0.1) is 0 Å². The van der Waals surface area contributed by atoms with Gasteiger partial charge in [-0.2, -0.15) is 0 Å². The average Bonchev–Trinajstić information content (AvgIpc) is 2.49. The number of nitrogen functional groups attached to an aromatic ring is 1. The zero-order valence-electron chi connectivity index (χ0n) is 11.7. The minimum Gasteiger partial charge on any atom is -0.397 e. The Kier molecular flexibility index (Phi) is 2.78. The van der Waals surface area contributed by atoms with Crippen molar-refractivity contribution >= 4 is 22.3 Å². The smallest absolute Gasteiger partial charge is 0.0951 e. The Bertz CT molecular complexity index is 810. The van der Waals surface area contributed by atoms with Crippen LogP contribution in [0.1, 0.15) is 17.0 Å². The molecule has 1 aromatic heterocycles. The van der Waals surface area contributed by atoms with Crippen molar-refractivity contribution in [2.45, 2.75) is 12.3 Å². The third-order valence-corrected chi connectivity index (χ3v) is 4.30.